The van der Waals surface area contributed by atoms with Gasteiger partial charge in [-0.15, -0.1) is 0 Å². The Hall–Kier alpha value is -1.42. The lowest BCUT2D eigenvalue weighted by atomic mass is 9.98. The first kappa shape index (κ1) is 11.1. The zero-order valence-electron chi connectivity index (χ0n) is 8.81. The molecule has 84 valence electrons. The molecule has 0 atom stereocenters. The van der Waals surface area contributed by atoms with Crippen molar-refractivity contribution in [1.82, 2.24) is 4.98 Å². The fraction of sp³-hybridized carbons (Fsp3) is 0.364. The van der Waals surface area contributed by atoms with Crippen molar-refractivity contribution in [2.45, 2.75) is 19.8 Å². The van der Waals surface area contributed by atoms with E-state index in [-0.39, 0.29) is 23.6 Å². The van der Waals surface area contributed by atoms with Gasteiger partial charge in [0.15, 0.2) is 5.82 Å². The minimum Gasteiger partial charge on any atom is -0.274 e. The van der Waals surface area contributed by atoms with Gasteiger partial charge < -0.3 is 0 Å². The summed E-state index contributed by atoms with van der Waals surface area (Å²) < 4.78 is 0. The lowest BCUT2D eigenvalue weighted by Gasteiger charge is -2.27. The molecule has 0 bridgehead atoms. The van der Waals surface area contributed by atoms with Gasteiger partial charge in [0.2, 0.25) is 11.8 Å². The van der Waals surface area contributed by atoms with Gasteiger partial charge in [0.1, 0.15) is 0 Å². The van der Waals surface area contributed by atoms with Gasteiger partial charge in [-0.05, 0) is 18.1 Å². The summed E-state index contributed by atoms with van der Waals surface area (Å²) >= 11 is 5.92. The minimum atomic E-state index is -0.232. The van der Waals surface area contributed by atoms with E-state index in [2.05, 4.69) is 4.98 Å². The molecule has 2 rings (SSSR count). The van der Waals surface area contributed by atoms with Crippen molar-refractivity contribution < 1.29 is 9.59 Å². The third kappa shape index (κ3) is 1.93. The molecule has 16 heavy (non-hydrogen) atoms. The number of amides is 2. The largest absolute Gasteiger partial charge is 0.274 e. The van der Waals surface area contributed by atoms with E-state index < -0.39 is 0 Å². The fourth-order valence-electron chi connectivity index (χ4n) is 1.77. The molecule has 0 spiro atoms. The topological polar surface area (TPSA) is 50.3 Å². The summed E-state index contributed by atoms with van der Waals surface area (Å²) in [4.78, 5) is 28.6. The first-order valence-corrected chi connectivity index (χ1v) is 5.43. The van der Waals surface area contributed by atoms with Crippen molar-refractivity contribution in [2.24, 2.45) is 5.92 Å². The normalized spacial score (nSPS) is 18.0. The van der Waals surface area contributed by atoms with E-state index in [9.17, 15) is 9.59 Å². The number of carbonyl (C=O) groups excluding carboxylic acids is 2. The van der Waals surface area contributed by atoms with Crippen LogP contribution in [0.3, 0.4) is 0 Å². The highest BCUT2D eigenvalue weighted by atomic mass is 35.5. The Labute approximate surface area is 98.2 Å². The molecule has 5 heteroatoms. The monoisotopic (exact) mass is 238 g/mol. The van der Waals surface area contributed by atoms with E-state index in [0.717, 1.165) is 4.90 Å². The van der Waals surface area contributed by atoms with Crippen molar-refractivity contribution >= 4 is 29.2 Å². The number of nitrogens with zero attached hydrogens (tertiary/aromatic N) is 2. The highest BCUT2D eigenvalue weighted by Gasteiger charge is 2.33. The van der Waals surface area contributed by atoms with E-state index in [4.69, 9.17) is 11.6 Å². The molecule has 1 aromatic heterocycles. The van der Waals surface area contributed by atoms with Crippen LogP contribution in [0.4, 0.5) is 5.82 Å². The highest BCUT2D eigenvalue weighted by Crippen LogP contribution is 2.28. The zero-order chi connectivity index (χ0) is 11.7. The van der Waals surface area contributed by atoms with Crippen molar-refractivity contribution in [3.05, 3.63) is 23.4 Å². The molecular weight excluding hydrogens is 228 g/mol. The maximum atomic E-state index is 11.8. The lowest BCUT2D eigenvalue weighted by molar-refractivity contribution is -0.130. The predicted molar refractivity (Wildman–Crippen MR) is 60.1 cm³/mol. The number of rotatable bonds is 1. The predicted octanol–water partition coefficient (Wildman–Crippen LogP) is 2.02. The zero-order valence-corrected chi connectivity index (χ0v) is 9.57. The number of hydrogen-bond acceptors (Lipinski definition) is 3. The number of imide groups is 1. The number of anilines is 1. The van der Waals surface area contributed by atoms with E-state index in [1.165, 1.54) is 6.20 Å². The maximum absolute atomic E-state index is 11.8. The lowest BCUT2D eigenvalue weighted by Crippen LogP contribution is -2.43. The molecule has 0 aromatic carbocycles. The first-order valence-electron chi connectivity index (χ1n) is 5.06. The Bertz CT molecular complexity index is 429. The Morgan fingerprint density at radius 2 is 2.00 bits per heavy atom. The summed E-state index contributed by atoms with van der Waals surface area (Å²) in [5, 5.41) is 0.318. The van der Waals surface area contributed by atoms with Gasteiger partial charge in [0.05, 0.1) is 5.02 Å². The fourth-order valence-corrected chi connectivity index (χ4v) is 1.97. The average Bonchev–Trinajstić information content (AvgIpc) is 2.19. The van der Waals surface area contributed by atoms with E-state index in [1.54, 1.807) is 12.1 Å². The minimum absolute atomic E-state index is 0.0961. The van der Waals surface area contributed by atoms with Gasteiger partial charge in [0.25, 0.3) is 0 Å². The van der Waals surface area contributed by atoms with Crippen LogP contribution in [0.1, 0.15) is 19.8 Å². The van der Waals surface area contributed by atoms with Crippen LogP contribution in [0, 0.1) is 5.92 Å². The smallest absolute Gasteiger partial charge is 0.235 e. The third-order valence-corrected chi connectivity index (χ3v) is 2.79. The number of piperidine rings is 1. The summed E-state index contributed by atoms with van der Waals surface area (Å²) in [5.41, 5.74) is 0. The number of pyridine rings is 1. The third-order valence-electron chi connectivity index (χ3n) is 2.50. The van der Waals surface area contributed by atoms with Crippen molar-refractivity contribution in [2.75, 3.05) is 4.90 Å². The average molecular weight is 239 g/mol. The van der Waals surface area contributed by atoms with Crippen LogP contribution in [0.25, 0.3) is 0 Å². The van der Waals surface area contributed by atoms with Crippen LogP contribution >= 0.6 is 11.6 Å². The van der Waals surface area contributed by atoms with Crippen molar-refractivity contribution in [3.63, 3.8) is 0 Å². The number of aromatic nitrogens is 1. The molecule has 0 N–H and O–H groups in total. The molecule has 1 aliphatic rings. The summed E-state index contributed by atoms with van der Waals surface area (Å²) in [6.07, 6.45) is 2.23. The highest BCUT2D eigenvalue weighted by molar-refractivity contribution is 6.34. The standard InChI is InChI=1S/C11H11ClN2O2/c1-7-5-9(15)14(10(16)6-7)11-8(12)3-2-4-13-11/h2-4,7H,5-6H2,1H3. The maximum Gasteiger partial charge on any atom is 0.235 e. The van der Waals surface area contributed by atoms with Crippen LogP contribution in [-0.4, -0.2) is 16.8 Å². The van der Waals surface area contributed by atoms with E-state index in [1.807, 2.05) is 6.92 Å². The molecule has 0 unspecified atom stereocenters. The van der Waals surface area contributed by atoms with Gasteiger partial charge in [0, 0.05) is 19.0 Å². The van der Waals surface area contributed by atoms with Crippen LogP contribution in [-0.2, 0) is 9.59 Å². The molecule has 1 fully saturated rings. The SMILES string of the molecule is CC1CC(=O)N(c2ncccc2Cl)C(=O)C1. The molecule has 2 amide bonds. The molecule has 1 aromatic rings. The van der Waals surface area contributed by atoms with E-state index in [0.29, 0.717) is 17.9 Å². The molecule has 0 saturated carbocycles. The van der Waals surface area contributed by atoms with Gasteiger partial charge in [-0.25, -0.2) is 9.88 Å². The second-order valence-corrected chi connectivity index (χ2v) is 4.35. The molecule has 2 heterocycles. The molecule has 1 aliphatic heterocycles. The second-order valence-electron chi connectivity index (χ2n) is 3.95. The molecule has 4 nitrogen and oxygen atoms in total. The number of halogens is 1. The van der Waals surface area contributed by atoms with Crippen LogP contribution in [0.5, 0.6) is 0 Å². The second kappa shape index (κ2) is 4.22. The van der Waals surface area contributed by atoms with Crippen LogP contribution < -0.4 is 4.90 Å². The molecular formula is C11H11ClN2O2. The molecule has 0 aliphatic carbocycles. The Balaban J connectivity index is 2.37. The van der Waals surface area contributed by atoms with Crippen molar-refractivity contribution in [1.29, 1.82) is 0 Å². The number of carbonyl (C=O) groups is 2. The van der Waals surface area contributed by atoms with Gasteiger partial charge in [-0.3, -0.25) is 9.59 Å². The summed E-state index contributed by atoms with van der Waals surface area (Å²) in [7, 11) is 0. The van der Waals surface area contributed by atoms with Gasteiger partial charge in [-0.1, -0.05) is 18.5 Å². The summed E-state index contributed by atoms with van der Waals surface area (Å²) in [6, 6.07) is 3.27. The molecule has 0 radical (unpaired) electrons. The molecule has 1 saturated heterocycles. The van der Waals surface area contributed by atoms with Gasteiger partial charge in [-0.2, -0.15) is 0 Å². The Morgan fingerprint density at radius 3 is 2.56 bits per heavy atom. The Morgan fingerprint density at radius 1 is 1.38 bits per heavy atom. The first-order chi connectivity index (χ1) is 7.59. The summed E-state index contributed by atoms with van der Waals surface area (Å²) in [5.74, 6) is -0.126. The van der Waals surface area contributed by atoms with Gasteiger partial charge >= 0.3 is 0 Å². The van der Waals surface area contributed by atoms with Crippen LogP contribution in [0.2, 0.25) is 5.02 Å². The van der Waals surface area contributed by atoms with Crippen molar-refractivity contribution in [3.8, 4) is 0 Å². The van der Waals surface area contributed by atoms with Crippen LogP contribution in [0.15, 0.2) is 18.3 Å². The number of hydrogen-bond donors (Lipinski definition) is 0. The Kier molecular flexibility index (Phi) is 2.92. The summed E-state index contributed by atoms with van der Waals surface area (Å²) in [6.45, 7) is 1.88. The quantitative estimate of drug-likeness (QED) is 0.704. The van der Waals surface area contributed by atoms with E-state index >= 15 is 0 Å².